The Kier molecular flexibility index (Phi) is 4.23. The van der Waals surface area contributed by atoms with Gasteiger partial charge >= 0.3 is 0 Å². The van der Waals surface area contributed by atoms with Crippen molar-refractivity contribution in [2.24, 2.45) is 5.73 Å². The van der Waals surface area contributed by atoms with Crippen molar-refractivity contribution in [3.8, 4) is 11.5 Å². The Bertz CT molecular complexity index is 522. The smallest absolute Gasteiger partial charge is 0.123 e. The van der Waals surface area contributed by atoms with Gasteiger partial charge in [0.15, 0.2) is 0 Å². The maximum Gasteiger partial charge on any atom is 0.123 e. The third-order valence-electron chi connectivity index (χ3n) is 2.71. The van der Waals surface area contributed by atoms with Crippen LogP contribution >= 0.6 is 11.3 Å². The number of rotatable bonds is 5. The first kappa shape index (κ1) is 12.9. The lowest BCUT2D eigenvalue weighted by atomic mass is 10.2. The lowest BCUT2D eigenvalue weighted by Crippen LogP contribution is -1.96. The van der Waals surface area contributed by atoms with Gasteiger partial charge in [0.1, 0.15) is 18.1 Å². The van der Waals surface area contributed by atoms with Crippen LogP contribution in [-0.4, -0.2) is 7.11 Å². The number of hydrogen-bond donors (Lipinski definition) is 1. The van der Waals surface area contributed by atoms with Crippen LogP contribution in [0.15, 0.2) is 30.3 Å². The van der Waals surface area contributed by atoms with E-state index in [1.807, 2.05) is 24.3 Å². The molecular formula is C14H17NO2S. The Morgan fingerprint density at radius 2 is 2.00 bits per heavy atom. The minimum absolute atomic E-state index is 0.565. The zero-order chi connectivity index (χ0) is 13.0. The van der Waals surface area contributed by atoms with E-state index in [2.05, 4.69) is 13.0 Å². The highest BCUT2D eigenvalue weighted by Crippen LogP contribution is 2.24. The summed E-state index contributed by atoms with van der Waals surface area (Å²) >= 11 is 1.73. The molecule has 4 heteroatoms. The number of aryl methyl sites for hydroxylation is 1. The zero-order valence-corrected chi connectivity index (χ0v) is 11.4. The number of nitrogens with two attached hydrogens (primary N) is 1. The molecule has 0 saturated carbocycles. The summed E-state index contributed by atoms with van der Waals surface area (Å²) in [6.07, 6.45) is 0. The van der Waals surface area contributed by atoms with Crippen LogP contribution in [0.25, 0.3) is 0 Å². The average Bonchev–Trinajstić information content (AvgIpc) is 2.77. The highest BCUT2D eigenvalue weighted by atomic mass is 32.1. The highest BCUT2D eigenvalue weighted by molar-refractivity contribution is 7.12. The molecule has 0 unspecified atom stereocenters. The summed E-state index contributed by atoms with van der Waals surface area (Å²) in [5.41, 5.74) is 6.83. The quantitative estimate of drug-likeness (QED) is 0.901. The van der Waals surface area contributed by atoms with Crippen molar-refractivity contribution < 1.29 is 9.47 Å². The fraction of sp³-hybridized carbons (Fsp3) is 0.286. The van der Waals surface area contributed by atoms with E-state index in [4.69, 9.17) is 15.2 Å². The van der Waals surface area contributed by atoms with E-state index in [1.54, 1.807) is 18.4 Å². The fourth-order valence-corrected chi connectivity index (χ4v) is 2.61. The number of thiophene rings is 1. The SMILES string of the molecule is COc1cccc(OCc2cc(CN)sc2C)c1. The van der Waals surface area contributed by atoms with Gasteiger partial charge in [-0.25, -0.2) is 0 Å². The largest absolute Gasteiger partial charge is 0.497 e. The molecule has 0 spiro atoms. The molecule has 1 heterocycles. The Morgan fingerprint density at radius 3 is 2.67 bits per heavy atom. The Morgan fingerprint density at radius 1 is 1.22 bits per heavy atom. The van der Waals surface area contributed by atoms with Gasteiger partial charge in [-0.1, -0.05) is 6.07 Å². The predicted molar refractivity (Wildman–Crippen MR) is 74.3 cm³/mol. The average molecular weight is 263 g/mol. The number of benzene rings is 1. The fourth-order valence-electron chi connectivity index (χ4n) is 1.68. The van der Waals surface area contributed by atoms with Gasteiger partial charge < -0.3 is 15.2 Å². The maximum atomic E-state index is 5.76. The third kappa shape index (κ3) is 3.03. The van der Waals surface area contributed by atoms with E-state index in [0.29, 0.717) is 13.2 Å². The summed E-state index contributed by atoms with van der Waals surface area (Å²) in [5, 5.41) is 0. The second kappa shape index (κ2) is 5.89. The molecule has 0 bridgehead atoms. The number of ether oxygens (including phenoxy) is 2. The highest BCUT2D eigenvalue weighted by Gasteiger charge is 2.05. The van der Waals surface area contributed by atoms with Gasteiger partial charge in [0.05, 0.1) is 7.11 Å². The van der Waals surface area contributed by atoms with Gasteiger partial charge in [-0.3, -0.25) is 0 Å². The third-order valence-corrected chi connectivity index (χ3v) is 3.82. The monoisotopic (exact) mass is 263 g/mol. The number of methoxy groups -OCH3 is 1. The standard InChI is InChI=1S/C14H17NO2S/c1-10-11(6-14(8-15)18-10)9-17-13-5-3-4-12(7-13)16-2/h3-7H,8-9,15H2,1-2H3. The van der Waals surface area contributed by atoms with Crippen LogP contribution in [0.5, 0.6) is 11.5 Å². The van der Waals surface area contributed by atoms with E-state index < -0.39 is 0 Å². The Labute approximate surface area is 111 Å². The first-order valence-corrected chi connectivity index (χ1v) is 6.59. The summed E-state index contributed by atoms with van der Waals surface area (Å²) in [5.74, 6) is 1.62. The first-order chi connectivity index (χ1) is 8.72. The van der Waals surface area contributed by atoms with Gasteiger partial charge in [-0.15, -0.1) is 11.3 Å². The van der Waals surface area contributed by atoms with Gasteiger partial charge in [0, 0.05) is 27.9 Å². The summed E-state index contributed by atoms with van der Waals surface area (Å²) in [6, 6.07) is 9.73. The summed E-state index contributed by atoms with van der Waals surface area (Å²) in [7, 11) is 1.65. The molecule has 1 aromatic heterocycles. The van der Waals surface area contributed by atoms with Crippen LogP contribution in [-0.2, 0) is 13.2 Å². The van der Waals surface area contributed by atoms with Crippen LogP contribution < -0.4 is 15.2 Å². The van der Waals surface area contributed by atoms with Crippen LogP contribution in [0, 0.1) is 6.92 Å². The van der Waals surface area contributed by atoms with E-state index in [0.717, 1.165) is 11.5 Å². The van der Waals surface area contributed by atoms with Crippen molar-refractivity contribution in [1.82, 2.24) is 0 Å². The second-order valence-electron chi connectivity index (χ2n) is 3.97. The molecule has 0 fully saturated rings. The molecule has 0 radical (unpaired) electrons. The molecule has 0 atom stereocenters. The first-order valence-electron chi connectivity index (χ1n) is 5.78. The molecule has 1 aromatic carbocycles. The van der Waals surface area contributed by atoms with E-state index in [-0.39, 0.29) is 0 Å². The predicted octanol–water partition coefficient (Wildman–Crippen LogP) is 3.10. The Balaban J connectivity index is 2.03. The van der Waals surface area contributed by atoms with Crippen molar-refractivity contribution in [1.29, 1.82) is 0 Å². The summed E-state index contributed by atoms with van der Waals surface area (Å²) in [4.78, 5) is 2.45. The van der Waals surface area contributed by atoms with Gasteiger partial charge in [-0.2, -0.15) is 0 Å². The molecular weight excluding hydrogens is 246 g/mol. The van der Waals surface area contributed by atoms with Crippen LogP contribution in [0.1, 0.15) is 15.3 Å². The normalized spacial score (nSPS) is 10.4. The molecule has 96 valence electrons. The lowest BCUT2D eigenvalue weighted by molar-refractivity contribution is 0.303. The molecule has 18 heavy (non-hydrogen) atoms. The van der Waals surface area contributed by atoms with E-state index in [1.165, 1.54) is 15.3 Å². The van der Waals surface area contributed by atoms with Crippen LogP contribution in [0.2, 0.25) is 0 Å². The molecule has 0 amide bonds. The van der Waals surface area contributed by atoms with Crippen molar-refractivity contribution >= 4 is 11.3 Å². The van der Waals surface area contributed by atoms with Crippen molar-refractivity contribution in [3.05, 3.63) is 45.6 Å². The van der Waals surface area contributed by atoms with E-state index >= 15 is 0 Å². The van der Waals surface area contributed by atoms with Gasteiger partial charge in [-0.05, 0) is 25.1 Å². The molecule has 3 nitrogen and oxygen atoms in total. The summed E-state index contributed by atoms with van der Waals surface area (Å²) in [6.45, 7) is 3.24. The van der Waals surface area contributed by atoms with Crippen LogP contribution in [0.4, 0.5) is 0 Å². The second-order valence-corrected chi connectivity index (χ2v) is 5.31. The molecule has 2 rings (SSSR count). The molecule has 0 aliphatic rings. The van der Waals surface area contributed by atoms with Gasteiger partial charge in [0.2, 0.25) is 0 Å². The van der Waals surface area contributed by atoms with Crippen molar-refractivity contribution in [3.63, 3.8) is 0 Å². The van der Waals surface area contributed by atoms with Crippen molar-refractivity contribution in [2.75, 3.05) is 7.11 Å². The Hall–Kier alpha value is -1.52. The molecule has 0 saturated heterocycles. The zero-order valence-electron chi connectivity index (χ0n) is 10.6. The summed E-state index contributed by atoms with van der Waals surface area (Å²) < 4.78 is 10.9. The molecule has 2 aromatic rings. The molecule has 2 N–H and O–H groups in total. The number of hydrogen-bond acceptors (Lipinski definition) is 4. The van der Waals surface area contributed by atoms with Crippen molar-refractivity contribution in [2.45, 2.75) is 20.1 Å². The minimum Gasteiger partial charge on any atom is -0.497 e. The topological polar surface area (TPSA) is 44.5 Å². The van der Waals surface area contributed by atoms with Crippen LogP contribution in [0.3, 0.4) is 0 Å². The molecule has 0 aliphatic carbocycles. The van der Waals surface area contributed by atoms with Gasteiger partial charge in [0.25, 0.3) is 0 Å². The molecule has 0 aliphatic heterocycles. The maximum absolute atomic E-state index is 5.76. The minimum atomic E-state index is 0.565. The van der Waals surface area contributed by atoms with E-state index in [9.17, 15) is 0 Å². The lowest BCUT2D eigenvalue weighted by Gasteiger charge is -2.07.